The van der Waals surface area contributed by atoms with Crippen LogP contribution in [0.1, 0.15) is 23.4 Å². The zero-order valence-electron chi connectivity index (χ0n) is 16.7. The SMILES string of the molecule is COc1ncccc1CN1CC[C@]2(C1)CN(Cc1ccccn1)c1cccnc12. The van der Waals surface area contributed by atoms with Gasteiger partial charge in [0, 0.05) is 49.2 Å². The van der Waals surface area contributed by atoms with Gasteiger partial charge in [0.2, 0.25) is 5.88 Å². The van der Waals surface area contributed by atoms with Gasteiger partial charge in [-0.3, -0.25) is 14.9 Å². The number of fused-ring (bicyclic) bond motifs is 2. The van der Waals surface area contributed by atoms with Gasteiger partial charge in [-0.1, -0.05) is 12.1 Å². The van der Waals surface area contributed by atoms with Crippen LogP contribution < -0.4 is 9.64 Å². The molecule has 3 aromatic heterocycles. The molecule has 0 radical (unpaired) electrons. The fraction of sp³-hybridized carbons (Fsp3) is 0.348. The molecule has 1 saturated heterocycles. The van der Waals surface area contributed by atoms with Gasteiger partial charge in [-0.2, -0.15) is 0 Å². The molecule has 0 amide bonds. The Bertz CT molecular complexity index is 995. The third-order valence-corrected chi connectivity index (χ3v) is 6.07. The molecule has 5 heterocycles. The molecular weight excluding hydrogens is 362 g/mol. The summed E-state index contributed by atoms with van der Waals surface area (Å²) >= 11 is 0. The van der Waals surface area contributed by atoms with E-state index in [2.05, 4.69) is 44.0 Å². The largest absolute Gasteiger partial charge is 0.481 e. The molecule has 1 spiro atoms. The van der Waals surface area contributed by atoms with Gasteiger partial charge in [0.05, 0.1) is 30.7 Å². The van der Waals surface area contributed by atoms with Crippen LogP contribution in [0.2, 0.25) is 0 Å². The quantitative estimate of drug-likeness (QED) is 0.671. The Kier molecular flexibility index (Phi) is 4.64. The standard InChI is InChI=1S/C23H25N5O/c1-29-22-18(6-4-12-26-22)14-27-13-9-23(16-27)17-28(15-19-7-2-3-10-24-19)20-8-5-11-25-21(20)23/h2-8,10-12H,9,13-17H2,1H3/t23-/m0/s1. The van der Waals surface area contributed by atoms with Crippen molar-refractivity contribution in [1.29, 1.82) is 0 Å². The molecule has 0 unspecified atom stereocenters. The molecule has 2 aliphatic rings. The molecule has 0 bridgehead atoms. The lowest BCUT2D eigenvalue weighted by Crippen LogP contribution is -2.36. The van der Waals surface area contributed by atoms with E-state index in [-0.39, 0.29) is 5.41 Å². The Balaban J connectivity index is 1.38. The fourth-order valence-electron chi connectivity index (χ4n) is 4.80. The highest BCUT2D eigenvalue weighted by Crippen LogP contribution is 2.45. The van der Waals surface area contributed by atoms with E-state index in [4.69, 9.17) is 9.72 Å². The van der Waals surface area contributed by atoms with Gasteiger partial charge in [-0.15, -0.1) is 0 Å². The first-order valence-corrected chi connectivity index (χ1v) is 10.1. The maximum atomic E-state index is 5.45. The van der Waals surface area contributed by atoms with E-state index < -0.39 is 0 Å². The smallest absolute Gasteiger partial charge is 0.217 e. The molecule has 1 fully saturated rings. The number of hydrogen-bond donors (Lipinski definition) is 0. The van der Waals surface area contributed by atoms with Crippen LogP contribution in [0.3, 0.4) is 0 Å². The molecule has 148 valence electrons. The maximum Gasteiger partial charge on any atom is 0.217 e. The second-order valence-corrected chi connectivity index (χ2v) is 7.96. The van der Waals surface area contributed by atoms with Crippen LogP contribution in [0.15, 0.2) is 61.1 Å². The van der Waals surface area contributed by atoms with Gasteiger partial charge in [0.15, 0.2) is 0 Å². The number of hydrogen-bond acceptors (Lipinski definition) is 6. The first-order chi connectivity index (χ1) is 14.3. The van der Waals surface area contributed by atoms with E-state index in [0.717, 1.165) is 56.3 Å². The third kappa shape index (κ3) is 3.34. The average molecular weight is 387 g/mol. The molecule has 6 heteroatoms. The van der Waals surface area contributed by atoms with Gasteiger partial charge < -0.3 is 9.64 Å². The topological polar surface area (TPSA) is 54.4 Å². The van der Waals surface area contributed by atoms with Crippen molar-refractivity contribution < 1.29 is 4.74 Å². The number of likely N-dealkylation sites (tertiary alicyclic amines) is 1. The van der Waals surface area contributed by atoms with E-state index >= 15 is 0 Å². The lowest BCUT2D eigenvalue weighted by molar-refractivity contribution is 0.296. The van der Waals surface area contributed by atoms with E-state index in [1.165, 1.54) is 11.4 Å². The maximum absolute atomic E-state index is 5.45. The second kappa shape index (κ2) is 7.44. The third-order valence-electron chi connectivity index (χ3n) is 6.07. The number of anilines is 1. The molecule has 3 aromatic rings. The summed E-state index contributed by atoms with van der Waals surface area (Å²) in [7, 11) is 1.68. The monoisotopic (exact) mass is 387 g/mol. The Morgan fingerprint density at radius 1 is 0.931 bits per heavy atom. The molecule has 0 saturated carbocycles. The normalized spacial score (nSPS) is 20.9. The van der Waals surface area contributed by atoms with Crippen LogP contribution in [-0.2, 0) is 18.5 Å². The molecule has 0 aliphatic carbocycles. The molecule has 0 aromatic carbocycles. The van der Waals surface area contributed by atoms with Gasteiger partial charge in [-0.05, 0) is 43.3 Å². The number of aromatic nitrogens is 3. The average Bonchev–Trinajstić information content (AvgIpc) is 3.31. The molecular formula is C23H25N5O. The summed E-state index contributed by atoms with van der Waals surface area (Å²) in [5.74, 6) is 0.718. The molecule has 2 aliphatic heterocycles. The van der Waals surface area contributed by atoms with Crippen LogP contribution in [0, 0.1) is 0 Å². The van der Waals surface area contributed by atoms with E-state index in [1.807, 2.05) is 30.6 Å². The van der Waals surface area contributed by atoms with Gasteiger partial charge in [0.1, 0.15) is 0 Å². The van der Waals surface area contributed by atoms with Crippen molar-refractivity contribution >= 4 is 5.69 Å². The highest BCUT2D eigenvalue weighted by atomic mass is 16.5. The van der Waals surface area contributed by atoms with Crippen LogP contribution in [0.4, 0.5) is 5.69 Å². The minimum absolute atomic E-state index is 0.0703. The summed E-state index contributed by atoms with van der Waals surface area (Å²) in [4.78, 5) is 18.7. The molecule has 6 nitrogen and oxygen atoms in total. The summed E-state index contributed by atoms with van der Waals surface area (Å²) in [6.07, 6.45) is 6.68. The lowest BCUT2D eigenvalue weighted by atomic mass is 9.85. The number of ether oxygens (including phenoxy) is 1. The summed E-state index contributed by atoms with van der Waals surface area (Å²) in [6, 6.07) is 14.4. The van der Waals surface area contributed by atoms with Crippen LogP contribution >= 0.6 is 0 Å². The van der Waals surface area contributed by atoms with Gasteiger partial charge >= 0.3 is 0 Å². The van der Waals surface area contributed by atoms with Crippen molar-refractivity contribution in [2.24, 2.45) is 0 Å². The number of pyridine rings is 3. The van der Waals surface area contributed by atoms with Crippen molar-refractivity contribution in [3.05, 3.63) is 78.0 Å². The lowest BCUT2D eigenvalue weighted by Gasteiger charge is -2.26. The van der Waals surface area contributed by atoms with Gasteiger partial charge in [-0.25, -0.2) is 4.98 Å². The predicted octanol–water partition coefficient (Wildman–Crippen LogP) is 3.04. The Labute approximate surface area is 171 Å². The molecule has 1 atom stereocenters. The van der Waals surface area contributed by atoms with Crippen LogP contribution in [0.25, 0.3) is 0 Å². The van der Waals surface area contributed by atoms with E-state index in [0.29, 0.717) is 0 Å². The van der Waals surface area contributed by atoms with Gasteiger partial charge in [0.25, 0.3) is 0 Å². The van der Waals surface area contributed by atoms with E-state index in [1.54, 1.807) is 13.3 Å². The Morgan fingerprint density at radius 2 is 1.79 bits per heavy atom. The van der Waals surface area contributed by atoms with Crippen molar-refractivity contribution in [2.75, 3.05) is 31.6 Å². The van der Waals surface area contributed by atoms with Crippen LogP contribution in [-0.4, -0.2) is 46.6 Å². The summed E-state index contributed by atoms with van der Waals surface area (Å²) < 4.78 is 5.45. The molecule has 0 N–H and O–H groups in total. The molecule has 5 rings (SSSR count). The predicted molar refractivity (Wildman–Crippen MR) is 112 cm³/mol. The number of methoxy groups -OCH3 is 1. The highest BCUT2D eigenvalue weighted by molar-refractivity contribution is 5.60. The first-order valence-electron chi connectivity index (χ1n) is 10.1. The van der Waals surface area contributed by atoms with Crippen molar-refractivity contribution in [3.8, 4) is 5.88 Å². The highest BCUT2D eigenvalue weighted by Gasteiger charge is 2.48. The fourth-order valence-corrected chi connectivity index (χ4v) is 4.80. The minimum Gasteiger partial charge on any atom is -0.481 e. The summed E-state index contributed by atoms with van der Waals surface area (Å²) in [5.41, 5.74) is 4.78. The Morgan fingerprint density at radius 3 is 2.66 bits per heavy atom. The first kappa shape index (κ1) is 18.1. The molecule has 29 heavy (non-hydrogen) atoms. The number of nitrogens with zero attached hydrogens (tertiary/aromatic N) is 5. The summed E-state index contributed by atoms with van der Waals surface area (Å²) in [6.45, 7) is 4.69. The van der Waals surface area contributed by atoms with Crippen LogP contribution in [0.5, 0.6) is 5.88 Å². The number of rotatable bonds is 5. The zero-order valence-corrected chi connectivity index (χ0v) is 16.7. The Hall–Kier alpha value is -2.99. The van der Waals surface area contributed by atoms with Crippen molar-refractivity contribution in [1.82, 2.24) is 19.9 Å². The second-order valence-electron chi connectivity index (χ2n) is 7.96. The summed E-state index contributed by atoms with van der Waals surface area (Å²) in [5, 5.41) is 0. The van der Waals surface area contributed by atoms with Crippen molar-refractivity contribution in [2.45, 2.75) is 24.9 Å². The van der Waals surface area contributed by atoms with Crippen molar-refractivity contribution in [3.63, 3.8) is 0 Å². The van der Waals surface area contributed by atoms with E-state index in [9.17, 15) is 0 Å². The minimum atomic E-state index is 0.0703. The zero-order chi connectivity index (χ0) is 19.7.